The molecule has 7 rings (SSSR count). The molecule has 188 valence electrons. The maximum atomic E-state index is 12.7. The zero-order valence-electron chi connectivity index (χ0n) is 20.1. The van der Waals surface area contributed by atoms with Crippen LogP contribution in [0.3, 0.4) is 0 Å². The number of nitrogens with zero attached hydrogens (tertiary/aromatic N) is 4. The predicted molar refractivity (Wildman–Crippen MR) is 132 cm³/mol. The molecule has 2 N–H and O–H groups in total. The lowest BCUT2D eigenvalue weighted by Gasteiger charge is -2.56. The molecular weight excluding hydrogens is 464 g/mol. The molecule has 4 bridgehead atoms. The maximum Gasteiger partial charge on any atom is 0.321 e. The number of thioether (sulfide) groups is 1. The van der Waals surface area contributed by atoms with Crippen LogP contribution in [0.2, 0.25) is 0 Å². The van der Waals surface area contributed by atoms with Crippen molar-refractivity contribution in [2.24, 2.45) is 17.8 Å². The largest absolute Gasteiger partial charge is 0.467 e. The molecule has 3 heterocycles. The van der Waals surface area contributed by atoms with E-state index in [1.54, 1.807) is 6.26 Å². The molecule has 0 aromatic carbocycles. The van der Waals surface area contributed by atoms with Crippen LogP contribution in [0, 0.1) is 17.8 Å². The van der Waals surface area contributed by atoms with Crippen LogP contribution in [0.25, 0.3) is 0 Å². The minimum atomic E-state index is -0.358. The third-order valence-electron chi connectivity index (χ3n) is 8.23. The van der Waals surface area contributed by atoms with E-state index in [-0.39, 0.29) is 23.2 Å². The first-order chi connectivity index (χ1) is 17.1. The maximum absolute atomic E-state index is 12.7. The second-order valence-electron chi connectivity index (χ2n) is 11.0. The van der Waals surface area contributed by atoms with Crippen molar-refractivity contribution >= 4 is 29.6 Å². The summed E-state index contributed by atoms with van der Waals surface area (Å²) >= 11 is 1.30. The van der Waals surface area contributed by atoms with Crippen LogP contribution in [-0.2, 0) is 11.3 Å². The fourth-order valence-electron chi connectivity index (χ4n) is 7.24. The van der Waals surface area contributed by atoms with Crippen LogP contribution in [0.15, 0.2) is 28.0 Å². The molecular formula is C25H34N6O3S. The molecule has 1 saturated heterocycles. The number of urea groups is 1. The average molecular weight is 499 g/mol. The summed E-state index contributed by atoms with van der Waals surface area (Å²) in [5.41, 5.74) is -0.112. The second kappa shape index (κ2) is 9.52. The van der Waals surface area contributed by atoms with Gasteiger partial charge in [-0.3, -0.25) is 14.7 Å². The molecule has 0 unspecified atom stereocenters. The Morgan fingerprint density at radius 1 is 1.06 bits per heavy atom. The van der Waals surface area contributed by atoms with Crippen molar-refractivity contribution in [2.45, 2.75) is 75.0 Å². The normalized spacial score (nSPS) is 29.4. The van der Waals surface area contributed by atoms with E-state index in [2.05, 4.69) is 25.7 Å². The monoisotopic (exact) mass is 498 g/mol. The standard InChI is InChI=1S/C25H34N6O3S/c32-21(26-22(33)27-25-12-17-9-18(13-25)11-19(10-17)14-25)16-35-24-29-28-23(30-6-2-1-3-7-30)31(24)15-20-5-4-8-34-20/h4-5,8,17-19H,1-3,6-7,9-16H2,(H2,26,27,32,33). The number of carbonyl (C=O) groups is 2. The van der Waals surface area contributed by atoms with E-state index in [0.717, 1.165) is 74.7 Å². The fourth-order valence-corrected chi connectivity index (χ4v) is 7.97. The minimum Gasteiger partial charge on any atom is -0.467 e. The molecule has 9 nitrogen and oxygen atoms in total. The summed E-state index contributed by atoms with van der Waals surface area (Å²) in [5, 5.41) is 15.3. The van der Waals surface area contributed by atoms with Crippen LogP contribution >= 0.6 is 11.8 Å². The van der Waals surface area contributed by atoms with E-state index in [0.29, 0.717) is 11.7 Å². The third-order valence-corrected chi connectivity index (χ3v) is 9.20. The molecule has 1 aliphatic heterocycles. The molecule has 5 aliphatic rings. The number of piperidine rings is 1. The van der Waals surface area contributed by atoms with Gasteiger partial charge in [-0.15, -0.1) is 10.2 Å². The fraction of sp³-hybridized carbons (Fsp3) is 0.680. The molecule has 3 amide bonds. The van der Waals surface area contributed by atoms with Gasteiger partial charge in [0.25, 0.3) is 0 Å². The zero-order chi connectivity index (χ0) is 23.8. The highest BCUT2D eigenvalue weighted by Gasteiger charge is 2.51. The Hall–Kier alpha value is -2.49. The van der Waals surface area contributed by atoms with Crippen molar-refractivity contribution in [3.8, 4) is 0 Å². The van der Waals surface area contributed by atoms with Crippen molar-refractivity contribution in [2.75, 3.05) is 23.7 Å². The first kappa shape index (κ1) is 22.9. The van der Waals surface area contributed by atoms with Crippen LogP contribution in [0.1, 0.15) is 63.5 Å². The van der Waals surface area contributed by atoms with Gasteiger partial charge in [-0.1, -0.05) is 11.8 Å². The van der Waals surface area contributed by atoms with Crippen molar-refractivity contribution in [3.63, 3.8) is 0 Å². The van der Waals surface area contributed by atoms with Crippen LogP contribution in [0.4, 0.5) is 10.7 Å². The molecule has 35 heavy (non-hydrogen) atoms. The minimum absolute atomic E-state index is 0.102. The molecule has 2 aromatic rings. The van der Waals surface area contributed by atoms with Gasteiger partial charge in [0.05, 0.1) is 18.6 Å². The predicted octanol–water partition coefficient (Wildman–Crippen LogP) is 3.80. The highest BCUT2D eigenvalue weighted by molar-refractivity contribution is 7.99. The van der Waals surface area contributed by atoms with E-state index < -0.39 is 0 Å². The molecule has 0 spiro atoms. The van der Waals surface area contributed by atoms with Crippen LogP contribution in [-0.4, -0.2) is 51.1 Å². The third kappa shape index (κ3) is 4.94. The Kier molecular flexibility index (Phi) is 6.24. The van der Waals surface area contributed by atoms with Crippen LogP contribution in [0.5, 0.6) is 0 Å². The Labute approximate surface area is 209 Å². The first-order valence-electron chi connectivity index (χ1n) is 13.0. The molecule has 10 heteroatoms. The van der Waals surface area contributed by atoms with Gasteiger partial charge >= 0.3 is 6.03 Å². The average Bonchev–Trinajstić information content (AvgIpc) is 3.47. The summed E-state index contributed by atoms with van der Waals surface area (Å²) in [6, 6.07) is 3.43. The van der Waals surface area contributed by atoms with Gasteiger partial charge in [0.2, 0.25) is 11.9 Å². The summed E-state index contributed by atoms with van der Waals surface area (Å²) in [7, 11) is 0. The number of hydrogen-bond acceptors (Lipinski definition) is 7. The van der Waals surface area contributed by atoms with Crippen molar-refractivity contribution in [1.29, 1.82) is 0 Å². The smallest absolute Gasteiger partial charge is 0.321 e. The lowest BCUT2D eigenvalue weighted by Crippen LogP contribution is -2.61. The van der Waals surface area contributed by atoms with E-state index in [1.165, 1.54) is 37.4 Å². The van der Waals surface area contributed by atoms with Crippen molar-refractivity contribution in [3.05, 3.63) is 24.2 Å². The van der Waals surface area contributed by atoms with E-state index in [1.807, 2.05) is 16.7 Å². The lowest BCUT2D eigenvalue weighted by atomic mass is 9.53. The summed E-state index contributed by atoms with van der Waals surface area (Å²) in [5.74, 6) is 3.62. The molecule has 0 atom stereocenters. The van der Waals surface area contributed by atoms with Crippen LogP contribution < -0.4 is 15.5 Å². The van der Waals surface area contributed by atoms with Gasteiger partial charge in [-0.25, -0.2) is 4.79 Å². The van der Waals surface area contributed by atoms with Gasteiger partial charge in [0.15, 0.2) is 5.16 Å². The topological polar surface area (TPSA) is 105 Å². The summed E-state index contributed by atoms with van der Waals surface area (Å²) in [6.07, 6.45) is 12.3. The summed E-state index contributed by atoms with van der Waals surface area (Å²) in [4.78, 5) is 27.7. The molecule has 2 aromatic heterocycles. The van der Waals surface area contributed by atoms with Gasteiger partial charge in [0, 0.05) is 18.6 Å². The zero-order valence-corrected chi connectivity index (χ0v) is 20.9. The molecule has 4 aliphatic carbocycles. The van der Waals surface area contributed by atoms with E-state index in [4.69, 9.17) is 4.42 Å². The van der Waals surface area contributed by atoms with E-state index in [9.17, 15) is 9.59 Å². The number of furan rings is 1. The number of amides is 3. The second-order valence-corrected chi connectivity index (χ2v) is 11.9. The van der Waals surface area contributed by atoms with Gasteiger partial charge in [0.1, 0.15) is 5.76 Å². The highest BCUT2D eigenvalue weighted by Crippen LogP contribution is 2.55. The Balaban J connectivity index is 1.07. The number of nitrogens with one attached hydrogen (secondary N) is 2. The van der Waals surface area contributed by atoms with Gasteiger partial charge in [-0.05, 0) is 87.7 Å². The van der Waals surface area contributed by atoms with Gasteiger partial charge in [-0.2, -0.15) is 0 Å². The number of anilines is 1. The summed E-state index contributed by atoms with van der Waals surface area (Å²) < 4.78 is 7.57. The highest BCUT2D eigenvalue weighted by atomic mass is 32.2. The quantitative estimate of drug-likeness (QED) is 0.560. The number of carbonyl (C=O) groups excluding carboxylic acids is 2. The Bertz CT molecular complexity index is 1030. The number of rotatable bonds is 7. The molecule has 0 radical (unpaired) electrons. The molecule has 5 fully saturated rings. The first-order valence-corrected chi connectivity index (χ1v) is 14.0. The molecule has 4 saturated carbocycles. The van der Waals surface area contributed by atoms with Gasteiger partial charge < -0.3 is 14.6 Å². The number of aromatic nitrogens is 3. The van der Waals surface area contributed by atoms with E-state index >= 15 is 0 Å². The Morgan fingerprint density at radius 3 is 2.43 bits per heavy atom. The number of hydrogen-bond donors (Lipinski definition) is 2. The Morgan fingerprint density at radius 2 is 1.77 bits per heavy atom. The van der Waals surface area contributed by atoms with Crippen molar-refractivity contribution in [1.82, 2.24) is 25.4 Å². The number of imide groups is 1. The lowest BCUT2D eigenvalue weighted by molar-refractivity contribution is -0.117. The summed E-state index contributed by atoms with van der Waals surface area (Å²) in [6.45, 7) is 2.40. The van der Waals surface area contributed by atoms with Crippen molar-refractivity contribution < 1.29 is 14.0 Å². The SMILES string of the molecule is O=C(CSc1nnc(N2CCCCC2)n1Cc1ccco1)NC(=O)NC12CC3CC(CC(C3)C1)C2.